The highest BCUT2D eigenvalue weighted by molar-refractivity contribution is 5.70. The summed E-state index contributed by atoms with van der Waals surface area (Å²) in [5, 5.41) is 12.4. The summed E-state index contributed by atoms with van der Waals surface area (Å²) in [6.07, 6.45) is 4.29. The summed E-state index contributed by atoms with van der Waals surface area (Å²) in [6, 6.07) is 0. The van der Waals surface area contributed by atoms with Crippen LogP contribution in [0.5, 0.6) is 0 Å². The van der Waals surface area contributed by atoms with E-state index in [2.05, 4.69) is 36.1 Å². The Labute approximate surface area is 127 Å². The minimum atomic E-state index is -0.740. The molecule has 0 saturated carbocycles. The molecule has 5 nitrogen and oxygen atoms in total. The highest BCUT2D eigenvalue weighted by Gasteiger charge is 2.19. The zero-order valence-electron chi connectivity index (χ0n) is 13.7. The van der Waals surface area contributed by atoms with Crippen LogP contribution in [0.25, 0.3) is 0 Å². The Hall–Kier alpha value is -1.49. The molecule has 1 unspecified atom stereocenters. The van der Waals surface area contributed by atoms with Gasteiger partial charge >= 0.3 is 5.97 Å². The van der Waals surface area contributed by atoms with Crippen LogP contribution in [0.1, 0.15) is 52.4 Å². The molecule has 0 aliphatic rings. The molecule has 0 fully saturated rings. The molecule has 0 spiro atoms. The number of carboxylic acid groups (broad SMARTS) is 1. The van der Waals surface area contributed by atoms with Crippen molar-refractivity contribution in [2.45, 2.75) is 53.0 Å². The first kappa shape index (κ1) is 17.6. The van der Waals surface area contributed by atoms with E-state index in [1.807, 2.05) is 13.8 Å². The Kier molecular flexibility index (Phi) is 6.27. The smallest absolute Gasteiger partial charge is 0.307 e. The lowest BCUT2D eigenvalue weighted by Gasteiger charge is -2.17. The van der Waals surface area contributed by atoms with Crippen LogP contribution in [0.3, 0.4) is 0 Å². The zero-order chi connectivity index (χ0) is 16.0. The standard InChI is InChI=1S/C16H27N3O2/c1-11(2)6-13(14(20)21)10-17-7-12-8-18-15(19-9-12)16(3,4)5/h8-9,11,13,17H,6-7,10H2,1-5H3,(H,20,21). The molecule has 0 aliphatic heterocycles. The fourth-order valence-electron chi connectivity index (χ4n) is 2.06. The molecule has 118 valence electrons. The quantitative estimate of drug-likeness (QED) is 0.808. The van der Waals surface area contributed by atoms with Gasteiger partial charge in [0.25, 0.3) is 0 Å². The Balaban J connectivity index is 2.50. The van der Waals surface area contributed by atoms with E-state index in [0.29, 0.717) is 25.4 Å². The SMILES string of the molecule is CC(C)CC(CNCc1cnc(C(C)(C)C)nc1)C(=O)O. The fraction of sp³-hybridized carbons (Fsp3) is 0.688. The van der Waals surface area contributed by atoms with Crippen LogP contribution in [0.15, 0.2) is 12.4 Å². The summed E-state index contributed by atoms with van der Waals surface area (Å²) in [5.41, 5.74) is 0.911. The Bertz CT molecular complexity index is 450. The van der Waals surface area contributed by atoms with Crippen LogP contribution in [0, 0.1) is 11.8 Å². The van der Waals surface area contributed by atoms with Crippen LogP contribution in [0.2, 0.25) is 0 Å². The third-order valence-corrected chi connectivity index (χ3v) is 3.20. The zero-order valence-corrected chi connectivity index (χ0v) is 13.7. The monoisotopic (exact) mass is 293 g/mol. The normalized spacial score (nSPS) is 13.4. The number of carboxylic acids is 1. The molecule has 1 aromatic heterocycles. The first-order chi connectivity index (χ1) is 9.70. The van der Waals surface area contributed by atoms with Gasteiger partial charge in [0.1, 0.15) is 5.82 Å². The van der Waals surface area contributed by atoms with Crippen molar-refractivity contribution in [3.05, 3.63) is 23.8 Å². The van der Waals surface area contributed by atoms with E-state index in [4.69, 9.17) is 0 Å². The highest BCUT2D eigenvalue weighted by Crippen LogP contribution is 2.17. The van der Waals surface area contributed by atoms with Gasteiger partial charge in [0.2, 0.25) is 0 Å². The second kappa shape index (κ2) is 7.50. The van der Waals surface area contributed by atoms with E-state index in [1.165, 1.54) is 0 Å². The van der Waals surface area contributed by atoms with Crippen molar-refractivity contribution in [1.82, 2.24) is 15.3 Å². The molecule has 1 aromatic rings. The van der Waals surface area contributed by atoms with E-state index < -0.39 is 5.97 Å². The predicted molar refractivity (Wildman–Crippen MR) is 83.0 cm³/mol. The van der Waals surface area contributed by atoms with Gasteiger partial charge in [0, 0.05) is 36.5 Å². The molecule has 5 heteroatoms. The van der Waals surface area contributed by atoms with Crippen LogP contribution in [0.4, 0.5) is 0 Å². The predicted octanol–water partition coefficient (Wildman–Crippen LogP) is 2.61. The first-order valence-electron chi connectivity index (χ1n) is 7.45. The summed E-state index contributed by atoms with van der Waals surface area (Å²) in [7, 11) is 0. The number of nitrogens with zero attached hydrogens (tertiary/aromatic N) is 2. The number of nitrogens with one attached hydrogen (secondary N) is 1. The molecule has 0 bridgehead atoms. The third-order valence-electron chi connectivity index (χ3n) is 3.20. The number of hydrogen-bond acceptors (Lipinski definition) is 4. The average Bonchev–Trinajstić information content (AvgIpc) is 2.36. The van der Waals surface area contributed by atoms with Crippen molar-refractivity contribution < 1.29 is 9.90 Å². The number of carbonyl (C=O) groups is 1. The van der Waals surface area contributed by atoms with Crippen molar-refractivity contribution in [3.8, 4) is 0 Å². The topological polar surface area (TPSA) is 75.1 Å². The Morgan fingerprint density at radius 3 is 2.29 bits per heavy atom. The number of hydrogen-bond donors (Lipinski definition) is 2. The van der Waals surface area contributed by atoms with Gasteiger partial charge in [-0.05, 0) is 12.3 Å². The van der Waals surface area contributed by atoms with Gasteiger partial charge in [0.15, 0.2) is 0 Å². The van der Waals surface area contributed by atoms with Crippen molar-refractivity contribution in [3.63, 3.8) is 0 Å². The molecule has 0 aromatic carbocycles. The van der Waals surface area contributed by atoms with Crippen molar-refractivity contribution in [2.75, 3.05) is 6.54 Å². The van der Waals surface area contributed by atoms with Crippen LogP contribution in [-0.4, -0.2) is 27.6 Å². The summed E-state index contributed by atoms with van der Waals surface area (Å²) < 4.78 is 0. The average molecular weight is 293 g/mol. The summed E-state index contributed by atoms with van der Waals surface area (Å²) in [4.78, 5) is 19.9. The molecule has 0 radical (unpaired) electrons. The van der Waals surface area contributed by atoms with Gasteiger partial charge < -0.3 is 10.4 Å². The molecule has 1 rings (SSSR count). The first-order valence-corrected chi connectivity index (χ1v) is 7.45. The maximum absolute atomic E-state index is 11.2. The molecular formula is C16H27N3O2. The molecule has 0 amide bonds. The van der Waals surface area contributed by atoms with Gasteiger partial charge in [0.05, 0.1) is 5.92 Å². The maximum atomic E-state index is 11.2. The van der Waals surface area contributed by atoms with Gasteiger partial charge in [-0.3, -0.25) is 4.79 Å². The third kappa shape index (κ3) is 6.21. The van der Waals surface area contributed by atoms with E-state index in [1.54, 1.807) is 12.4 Å². The lowest BCUT2D eigenvalue weighted by molar-refractivity contribution is -0.142. The molecule has 2 N–H and O–H groups in total. The van der Waals surface area contributed by atoms with Crippen molar-refractivity contribution in [1.29, 1.82) is 0 Å². The Morgan fingerprint density at radius 1 is 1.29 bits per heavy atom. The molecule has 1 atom stereocenters. The minimum absolute atomic E-state index is 0.0579. The highest BCUT2D eigenvalue weighted by atomic mass is 16.4. The lowest BCUT2D eigenvalue weighted by Crippen LogP contribution is -2.29. The molecule has 1 heterocycles. The maximum Gasteiger partial charge on any atom is 0.307 e. The number of aliphatic carboxylic acids is 1. The second-order valence-corrected chi connectivity index (χ2v) is 6.96. The number of rotatable bonds is 7. The molecule has 0 saturated heterocycles. The second-order valence-electron chi connectivity index (χ2n) is 6.96. The van der Waals surface area contributed by atoms with Gasteiger partial charge in [-0.1, -0.05) is 34.6 Å². The van der Waals surface area contributed by atoms with Gasteiger partial charge in [-0.2, -0.15) is 0 Å². The minimum Gasteiger partial charge on any atom is -0.481 e. The van der Waals surface area contributed by atoms with Crippen molar-refractivity contribution >= 4 is 5.97 Å². The fourth-order valence-corrected chi connectivity index (χ4v) is 2.06. The van der Waals surface area contributed by atoms with Gasteiger partial charge in [-0.15, -0.1) is 0 Å². The largest absolute Gasteiger partial charge is 0.481 e. The molecule has 21 heavy (non-hydrogen) atoms. The van der Waals surface area contributed by atoms with Crippen LogP contribution in [-0.2, 0) is 16.8 Å². The van der Waals surface area contributed by atoms with Crippen LogP contribution >= 0.6 is 0 Å². The van der Waals surface area contributed by atoms with E-state index >= 15 is 0 Å². The van der Waals surface area contributed by atoms with E-state index in [9.17, 15) is 9.90 Å². The summed E-state index contributed by atoms with van der Waals surface area (Å²) >= 11 is 0. The summed E-state index contributed by atoms with van der Waals surface area (Å²) in [6.45, 7) is 11.3. The van der Waals surface area contributed by atoms with E-state index in [-0.39, 0.29) is 11.3 Å². The summed E-state index contributed by atoms with van der Waals surface area (Å²) in [5.74, 6) is 0.104. The molecule has 0 aliphatic carbocycles. The van der Waals surface area contributed by atoms with Crippen molar-refractivity contribution in [2.24, 2.45) is 11.8 Å². The van der Waals surface area contributed by atoms with Crippen LogP contribution < -0.4 is 5.32 Å². The lowest BCUT2D eigenvalue weighted by atomic mass is 9.96. The van der Waals surface area contributed by atoms with E-state index in [0.717, 1.165) is 11.4 Å². The number of aromatic nitrogens is 2. The Morgan fingerprint density at radius 2 is 1.86 bits per heavy atom. The molecular weight excluding hydrogens is 266 g/mol. The van der Waals surface area contributed by atoms with Gasteiger partial charge in [-0.25, -0.2) is 9.97 Å².